The first-order valence-corrected chi connectivity index (χ1v) is 8.10. The molecule has 0 aliphatic heterocycles. The second kappa shape index (κ2) is 7.91. The molecule has 0 radical (unpaired) electrons. The van der Waals surface area contributed by atoms with Crippen molar-refractivity contribution in [1.29, 1.82) is 0 Å². The number of nitrogens with zero attached hydrogens (tertiary/aromatic N) is 3. The lowest BCUT2D eigenvalue weighted by atomic mass is 10.1. The van der Waals surface area contributed by atoms with Crippen molar-refractivity contribution in [3.63, 3.8) is 0 Å². The van der Waals surface area contributed by atoms with Crippen molar-refractivity contribution in [1.82, 2.24) is 9.78 Å². The van der Waals surface area contributed by atoms with E-state index in [0.717, 1.165) is 4.47 Å². The number of aromatic nitrogens is 2. The van der Waals surface area contributed by atoms with E-state index in [0.29, 0.717) is 18.9 Å². The third kappa shape index (κ3) is 4.54. The van der Waals surface area contributed by atoms with Gasteiger partial charge < -0.3 is 10.1 Å². The van der Waals surface area contributed by atoms with Crippen LogP contribution >= 0.6 is 15.9 Å². The number of amides is 1. The highest BCUT2D eigenvalue weighted by atomic mass is 79.9. The van der Waals surface area contributed by atoms with Crippen LogP contribution in [0.25, 0.3) is 0 Å². The number of nitro benzene ring substituents is 1. The van der Waals surface area contributed by atoms with Crippen molar-refractivity contribution in [3.05, 3.63) is 45.2 Å². The van der Waals surface area contributed by atoms with E-state index >= 15 is 0 Å². The third-order valence-corrected chi connectivity index (χ3v) is 3.65. The zero-order valence-corrected chi connectivity index (χ0v) is 14.8. The van der Waals surface area contributed by atoms with Crippen LogP contribution in [0.3, 0.4) is 0 Å². The first kappa shape index (κ1) is 17.9. The quantitative estimate of drug-likeness (QED) is 0.571. The average molecular weight is 397 g/mol. The summed E-state index contributed by atoms with van der Waals surface area (Å²) in [6, 6.07) is 4.36. The Bertz CT molecular complexity index is 747. The number of hydrogen-bond donors (Lipinski definition) is 1. The van der Waals surface area contributed by atoms with Gasteiger partial charge in [0.05, 0.1) is 40.7 Å². The number of carbonyl (C=O) groups excluding carboxylic acids is 1. The third-order valence-electron chi connectivity index (χ3n) is 3.25. The molecule has 0 aliphatic rings. The van der Waals surface area contributed by atoms with Crippen molar-refractivity contribution >= 4 is 33.2 Å². The van der Waals surface area contributed by atoms with Gasteiger partial charge in [-0.2, -0.15) is 5.10 Å². The number of benzene rings is 1. The molecule has 0 saturated heterocycles. The van der Waals surface area contributed by atoms with Crippen LogP contribution in [0.5, 0.6) is 5.75 Å². The van der Waals surface area contributed by atoms with Gasteiger partial charge in [-0.3, -0.25) is 19.6 Å². The fraction of sp³-hybridized carbons (Fsp3) is 0.333. The summed E-state index contributed by atoms with van der Waals surface area (Å²) in [6.07, 6.45) is 3.38. The summed E-state index contributed by atoms with van der Waals surface area (Å²) >= 11 is 3.29. The second-order valence-corrected chi connectivity index (χ2v) is 6.06. The normalized spacial score (nSPS) is 11.8. The second-order valence-electron chi connectivity index (χ2n) is 5.14. The lowest BCUT2D eigenvalue weighted by molar-refractivity contribution is -0.384. The molecule has 1 amide bonds. The van der Waals surface area contributed by atoms with Crippen LogP contribution in [0.4, 0.5) is 11.4 Å². The highest BCUT2D eigenvalue weighted by Crippen LogP contribution is 2.29. The Morgan fingerprint density at radius 2 is 2.29 bits per heavy atom. The van der Waals surface area contributed by atoms with Gasteiger partial charge >= 0.3 is 0 Å². The van der Waals surface area contributed by atoms with E-state index in [2.05, 4.69) is 26.3 Å². The molecule has 0 bridgehead atoms. The molecule has 2 rings (SSSR count). The first-order chi connectivity index (χ1) is 11.4. The predicted molar refractivity (Wildman–Crippen MR) is 92.0 cm³/mol. The molecule has 1 unspecified atom stereocenters. The Hall–Kier alpha value is -2.42. The van der Waals surface area contributed by atoms with Crippen molar-refractivity contribution in [2.24, 2.45) is 5.92 Å². The highest BCUT2D eigenvalue weighted by Gasteiger charge is 2.20. The van der Waals surface area contributed by atoms with E-state index in [-0.39, 0.29) is 17.3 Å². The van der Waals surface area contributed by atoms with Crippen molar-refractivity contribution in [2.75, 3.05) is 11.9 Å². The van der Waals surface area contributed by atoms with Crippen LogP contribution < -0.4 is 10.1 Å². The average Bonchev–Trinajstić information content (AvgIpc) is 2.93. The highest BCUT2D eigenvalue weighted by molar-refractivity contribution is 9.10. The maximum absolute atomic E-state index is 12.3. The minimum absolute atomic E-state index is 0.141. The molecular weight excluding hydrogens is 380 g/mol. The van der Waals surface area contributed by atoms with Crippen LogP contribution in [0, 0.1) is 16.0 Å². The van der Waals surface area contributed by atoms with Crippen LogP contribution in [0.1, 0.15) is 13.8 Å². The fourth-order valence-corrected chi connectivity index (χ4v) is 2.41. The van der Waals surface area contributed by atoms with E-state index < -0.39 is 10.8 Å². The van der Waals surface area contributed by atoms with Gasteiger partial charge in [0.1, 0.15) is 11.4 Å². The van der Waals surface area contributed by atoms with E-state index in [1.54, 1.807) is 37.0 Å². The number of carbonyl (C=O) groups is 1. The molecule has 24 heavy (non-hydrogen) atoms. The molecule has 128 valence electrons. The van der Waals surface area contributed by atoms with E-state index in [4.69, 9.17) is 4.74 Å². The van der Waals surface area contributed by atoms with E-state index in [1.807, 2.05) is 0 Å². The van der Waals surface area contributed by atoms with Crippen LogP contribution in [-0.2, 0) is 11.3 Å². The van der Waals surface area contributed by atoms with Gasteiger partial charge in [0.25, 0.3) is 5.69 Å². The fourth-order valence-electron chi connectivity index (χ4n) is 2.08. The summed E-state index contributed by atoms with van der Waals surface area (Å²) in [5.41, 5.74) is -0.0646. The number of halogens is 1. The van der Waals surface area contributed by atoms with Crippen LogP contribution in [-0.4, -0.2) is 27.2 Å². The number of nitro groups is 1. The summed E-state index contributed by atoms with van der Waals surface area (Å²) in [4.78, 5) is 22.9. The summed E-state index contributed by atoms with van der Waals surface area (Å²) < 4.78 is 7.70. The van der Waals surface area contributed by atoms with Gasteiger partial charge in [-0.1, -0.05) is 6.92 Å². The zero-order chi connectivity index (χ0) is 17.7. The molecule has 1 heterocycles. The molecule has 1 N–H and O–H groups in total. The van der Waals surface area contributed by atoms with Gasteiger partial charge in [-0.25, -0.2) is 0 Å². The Morgan fingerprint density at radius 3 is 2.88 bits per heavy atom. The molecule has 1 aromatic carbocycles. The molecule has 0 saturated carbocycles. The number of rotatable bonds is 7. The van der Waals surface area contributed by atoms with Gasteiger partial charge in [0.15, 0.2) is 0 Å². The lowest BCUT2D eigenvalue weighted by Crippen LogP contribution is -2.25. The lowest BCUT2D eigenvalue weighted by Gasteiger charge is -2.13. The summed E-state index contributed by atoms with van der Waals surface area (Å²) in [7, 11) is 0. The number of hydrogen-bond acceptors (Lipinski definition) is 5. The molecule has 0 spiro atoms. The SMILES string of the molecule is CCOc1ccc(NC(=O)C(C)Cn2cc(Br)cn2)c([N+](=O)[O-])c1. The molecule has 1 atom stereocenters. The van der Waals surface area contributed by atoms with Crippen LogP contribution in [0.2, 0.25) is 0 Å². The molecule has 0 aliphatic carbocycles. The molecule has 0 fully saturated rings. The molecule has 9 heteroatoms. The maximum atomic E-state index is 12.3. The van der Waals surface area contributed by atoms with E-state index in [9.17, 15) is 14.9 Å². The Morgan fingerprint density at radius 1 is 1.54 bits per heavy atom. The van der Waals surface area contributed by atoms with Gasteiger partial charge in [-0.15, -0.1) is 0 Å². The minimum Gasteiger partial charge on any atom is -0.494 e. The summed E-state index contributed by atoms with van der Waals surface area (Å²) in [5.74, 6) is -0.353. The van der Waals surface area contributed by atoms with Crippen LogP contribution in [0.15, 0.2) is 35.1 Å². The molecule has 2 aromatic rings. The Balaban J connectivity index is 2.11. The van der Waals surface area contributed by atoms with Gasteiger partial charge in [0, 0.05) is 6.20 Å². The summed E-state index contributed by atoms with van der Waals surface area (Å²) in [6.45, 7) is 4.28. The molecular formula is C15H17BrN4O4. The van der Waals surface area contributed by atoms with Crippen molar-refractivity contribution in [2.45, 2.75) is 20.4 Å². The minimum atomic E-state index is -0.548. The zero-order valence-electron chi connectivity index (χ0n) is 13.2. The molecule has 1 aromatic heterocycles. The Labute approximate surface area is 147 Å². The number of ether oxygens (including phenoxy) is 1. The smallest absolute Gasteiger partial charge is 0.296 e. The number of anilines is 1. The van der Waals surface area contributed by atoms with Gasteiger partial charge in [-0.05, 0) is 35.0 Å². The monoisotopic (exact) mass is 396 g/mol. The topological polar surface area (TPSA) is 99.3 Å². The summed E-state index contributed by atoms with van der Waals surface area (Å²) in [5, 5.41) is 17.9. The van der Waals surface area contributed by atoms with Gasteiger partial charge in [0.2, 0.25) is 5.91 Å². The molecule has 8 nitrogen and oxygen atoms in total. The largest absolute Gasteiger partial charge is 0.494 e. The first-order valence-electron chi connectivity index (χ1n) is 7.30. The maximum Gasteiger partial charge on any atom is 0.296 e. The predicted octanol–water partition coefficient (Wildman–Crippen LogP) is 3.23. The standard InChI is InChI=1S/C15H17BrN4O4/c1-3-24-12-4-5-13(14(6-12)20(22)23)18-15(21)10(2)8-19-9-11(16)7-17-19/h4-7,9-10H,3,8H2,1-2H3,(H,18,21). The number of nitrogens with one attached hydrogen (secondary N) is 1. The van der Waals surface area contributed by atoms with Crippen molar-refractivity contribution in [3.8, 4) is 5.75 Å². The van der Waals surface area contributed by atoms with Crippen molar-refractivity contribution < 1.29 is 14.5 Å². The Kier molecular flexibility index (Phi) is 5.91. The van der Waals surface area contributed by atoms with E-state index in [1.165, 1.54) is 12.1 Å².